The zero-order valence-corrected chi connectivity index (χ0v) is 18.6. The Balaban J connectivity index is 1.27. The van der Waals surface area contributed by atoms with Crippen molar-refractivity contribution in [3.8, 4) is 5.75 Å². The average Bonchev–Trinajstić information content (AvgIpc) is 3.19. The molecule has 4 rings (SSSR count). The lowest BCUT2D eigenvalue weighted by atomic mass is 10.1. The Morgan fingerprint density at radius 2 is 1.93 bits per heavy atom. The highest BCUT2D eigenvalue weighted by atomic mass is 32.1. The third-order valence-corrected chi connectivity index (χ3v) is 6.66. The summed E-state index contributed by atoms with van der Waals surface area (Å²) in [5.41, 5.74) is 3.91. The van der Waals surface area contributed by atoms with Crippen LogP contribution >= 0.6 is 11.3 Å². The first-order chi connectivity index (χ1) is 14.5. The Morgan fingerprint density at radius 1 is 1.13 bits per heavy atom. The lowest BCUT2D eigenvalue weighted by Gasteiger charge is -2.34. The second-order valence-corrected chi connectivity index (χ2v) is 8.74. The van der Waals surface area contributed by atoms with Gasteiger partial charge in [0, 0.05) is 44.8 Å². The van der Waals surface area contributed by atoms with Gasteiger partial charge in [-0.05, 0) is 43.7 Å². The molecule has 1 aromatic heterocycles. The molecule has 1 fully saturated rings. The molecular formula is C23H28N4O2S. The minimum Gasteiger partial charge on any atom is -0.497 e. The fraction of sp³-hybridized carbons (Fsp3) is 0.391. The van der Waals surface area contributed by atoms with E-state index in [-0.39, 0.29) is 5.91 Å². The van der Waals surface area contributed by atoms with Gasteiger partial charge in [0.1, 0.15) is 5.75 Å². The van der Waals surface area contributed by atoms with Crippen LogP contribution in [0.15, 0.2) is 36.4 Å². The summed E-state index contributed by atoms with van der Waals surface area (Å²) in [7, 11) is 1.69. The number of methoxy groups -OCH3 is 1. The molecule has 2 aromatic carbocycles. The summed E-state index contributed by atoms with van der Waals surface area (Å²) in [6.07, 6.45) is 0. The SMILES string of the molecule is COc1ccc2nc(N3CCN(CCNC(=O)c4cc(C)ccc4C)CC3)sc2c1. The molecule has 0 atom stereocenters. The highest BCUT2D eigenvalue weighted by molar-refractivity contribution is 7.22. The number of rotatable bonds is 6. The van der Waals surface area contributed by atoms with Gasteiger partial charge in [0.05, 0.1) is 17.3 Å². The predicted molar refractivity (Wildman–Crippen MR) is 123 cm³/mol. The molecule has 1 aliphatic rings. The number of carbonyl (C=O) groups is 1. The van der Waals surface area contributed by atoms with Crippen LogP contribution in [0.2, 0.25) is 0 Å². The third-order valence-electron chi connectivity index (χ3n) is 5.58. The molecule has 0 spiro atoms. The number of amides is 1. The number of nitrogens with zero attached hydrogens (tertiary/aromatic N) is 3. The maximum Gasteiger partial charge on any atom is 0.251 e. The van der Waals surface area contributed by atoms with Crippen LogP contribution < -0.4 is 15.0 Å². The number of nitrogens with one attached hydrogen (secondary N) is 1. The minimum absolute atomic E-state index is 0.0136. The predicted octanol–water partition coefficient (Wildman–Crippen LogP) is 3.47. The smallest absolute Gasteiger partial charge is 0.251 e. The third kappa shape index (κ3) is 4.57. The molecule has 30 heavy (non-hydrogen) atoms. The van der Waals surface area contributed by atoms with E-state index < -0.39 is 0 Å². The number of fused-ring (bicyclic) bond motifs is 1. The lowest BCUT2D eigenvalue weighted by molar-refractivity contribution is 0.0947. The van der Waals surface area contributed by atoms with Crippen LogP contribution in [0, 0.1) is 13.8 Å². The minimum atomic E-state index is 0.0136. The Bertz CT molecular complexity index is 1040. The summed E-state index contributed by atoms with van der Waals surface area (Å²) in [6, 6.07) is 12.0. The van der Waals surface area contributed by atoms with Gasteiger partial charge >= 0.3 is 0 Å². The van der Waals surface area contributed by atoms with Gasteiger partial charge in [0.25, 0.3) is 5.91 Å². The molecule has 0 bridgehead atoms. The van der Waals surface area contributed by atoms with Crippen LogP contribution in [0.1, 0.15) is 21.5 Å². The first kappa shape index (κ1) is 20.6. The summed E-state index contributed by atoms with van der Waals surface area (Å²) in [5, 5.41) is 4.14. The normalized spacial score (nSPS) is 14.8. The van der Waals surface area contributed by atoms with E-state index in [1.54, 1.807) is 18.4 Å². The van der Waals surface area contributed by atoms with Crippen molar-refractivity contribution in [3.63, 3.8) is 0 Å². The van der Waals surface area contributed by atoms with Crippen molar-refractivity contribution < 1.29 is 9.53 Å². The van der Waals surface area contributed by atoms with E-state index in [1.165, 1.54) is 0 Å². The number of aromatic nitrogens is 1. The van der Waals surface area contributed by atoms with Crippen LogP contribution in [-0.4, -0.2) is 62.2 Å². The van der Waals surface area contributed by atoms with Crippen LogP contribution in [0.25, 0.3) is 10.2 Å². The van der Waals surface area contributed by atoms with Gasteiger partial charge in [0.15, 0.2) is 5.13 Å². The molecule has 0 aliphatic carbocycles. The largest absolute Gasteiger partial charge is 0.497 e. The van der Waals surface area contributed by atoms with Crippen molar-refractivity contribution in [2.24, 2.45) is 0 Å². The Labute approximate surface area is 181 Å². The van der Waals surface area contributed by atoms with E-state index in [0.29, 0.717) is 6.54 Å². The van der Waals surface area contributed by atoms with Gasteiger partial charge in [-0.3, -0.25) is 9.69 Å². The molecule has 1 aliphatic heterocycles. The number of aryl methyl sites for hydroxylation is 2. The average molecular weight is 425 g/mol. The van der Waals surface area contributed by atoms with Gasteiger partial charge < -0.3 is 15.0 Å². The quantitative estimate of drug-likeness (QED) is 0.657. The molecule has 7 heteroatoms. The van der Waals surface area contributed by atoms with E-state index in [9.17, 15) is 4.79 Å². The molecule has 1 amide bonds. The Morgan fingerprint density at radius 3 is 2.70 bits per heavy atom. The van der Waals surface area contributed by atoms with Gasteiger partial charge in [-0.15, -0.1) is 0 Å². The molecule has 2 heterocycles. The maximum absolute atomic E-state index is 12.5. The van der Waals surface area contributed by atoms with E-state index >= 15 is 0 Å². The number of piperazine rings is 1. The van der Waals surface area contributed by atoms with Crippen molar-refractivity contribution in [1.29, 1.82) is 0 Å². The number of thiazole rings is 1. The van der Waals surface area contributed by atoms with Gasteiger partial charge in [0.2, 0.25) is 0 Å². The standard InChI is InChI=1S/C23H28N4O2S/c1-16-4-5-17(2)19(14-16)22(28)24-8-9-26-10-12-27(13-11-26)23-25-20-7-6-18(29-3)15-21(20)30-23/h4-7,14-15H,8-13H2,1-3H3,(H,24,28). The monoisotopic (exact) mass is 424 g/mol. The number of hydrogen-bond donors (Lipinski definition) is 1. The number of benzene rings is 2. The van der Waals surface area contributed by atoms with Gasteiger partial charge in [-0.1, -0.05) is 29.0 Å². The summed E-state index contributed by atoms with van der Waals surface area (Å²) in [4.78, 5) is 22.0. The second-order valence-electron chi connectivity index (χ2n) is 7.73. The second kappa shape index (κ2) is 9.02. The zero-order chi connectivity index (χ0) is 21.1. The number of carbonyl (C=O) groups excluding carboxylic acids is 1. The van der Waals surface area contributed by atoms with Crippen LogP contribution in [-0.2, 0) is 0 Å². The van der Waals surface area contributed by atoms with Crippen molar-refractivity contribution in [2.45, 2.75) is 13.8 Å². The molecule has 0 unspecified atom stereocenters. The number of hydrogen-bond acceptors (Lipinski definition) is 6. The molecule has 1 saturated heterocycles. The number of ether oxygens (including phenoxy) is 1. The zero-order valence-electron chi connectivity index (χ0n) is 17.8. The van der Waals surface area contributed by atoms with E-state index in [1.807, 2.05) is 50.2 Å². The van der Waals surface area contributed by atoms with E-state index in [4.69, 9.17) is 9.72 Å². The molecule has 0 saturated carbocycles. The maximum atomic E-state index is 12.5. The van der Waals surface area contributed by atoms with E-state index in [0.717, 1.165) is 70.5 Å². The molecular weight excluding hydrogens is 396 g/mol. The summed E-state index contributed by atoms with van der Waals surface area (Å²) < 4.78 is 6.47. The van der Waals surface area contributed by atoms with Crippen molar-refractivity contribution in [1.82, 2.24) is 15.2 Å². The highest BCUT2D eigenvalue weighted by Crippen LogP contribution is 2.31. The molecule has 6 nitrogen and oxygen atoms in total. The van der Waals surface area contributed by atoms with Crippen molar-refractivity contribution >= 4 is 32.6 Å². The van der Waals surface area contributed by atoms with Crippen LogP contribution in [0.5, 0.6) is 5.75 Å². The first-order valence-electron chi connectivity index (χ1n) is 10.3. The van der Waals surface area contributed by atoms with E-state index in [2.05, 4.69) is 15.1 Å². The lowest BCUT2D eigenvalue weighted by Crippen LogP contribution is -2.48. The van der Waals surface area contributed by atoms with Crippen molar-refractivity contribution in [3.05, 3.63) is 53.1 Å². The molecule has 3 aromatic rings. The molecule has 1 N–H and O–H groups in total. The molecule has 158 valence electrons. The molecule has 0 radical (unpaired) electrons. The Hall–Kier alpha value is -2.64. The fourth-order valence-corrected chi connectivity index (χ4v) is 4.77. The summed E-state index contributed by atoms with van der Waals surface area (Å²) in [6.45, 7) is 9.35. The summed E-state index contributed by atoms with van der Waals surface area (Å²) >= 11 is 1.72. The topological polar surface area (TPSA) is 57.7 Å². The fourth-order valence-electron chi connectivity index (χ4n) is 3.72. The highest BCUT2D eigenvalue weighted by Gasteiger charge is 2.20. The van der Waals surface area contributed by atoms with Crippen LogP contribution in [0.4, 0.5) is 5.13 Å². The van der Waals surface area contributed by atoms with Gasteiger partial charge in [-0.25, -0.2) is 4.98 Å². The number of anilines is 1. The first-order valence-corrected chi connectivity index (χ1v) is 11.1. The summed E-state index contributed by atoms with van der Waals surface area (Å²) in [5.74, 6) is 0.880. The van der Waals surface area contributed by atoms with Crippen molar-refractivity contribution in [2.75, 3.05) is 51.3 Å². The van der Waals surface area contributed by atoms with Crippen LogP contribution in [0.3, 0.4) is 0 Å². The Kier molecular flexibility index (Phi) is 6.20. The van der Waals surface area contributed by atoms with Gasteiger partial charge in [-0.2, -0.15) is 0 Å².